The van der Waals surface area contributed by atoms with Crippen molar-refractivity contribution in [2.24, 2.45) is 0 Å². The molecule has 0 amide bonds. The highest BCUT2D eigenvalue weighted by Crippen LogP contribution is 2.23. The van der Waals surface area contributed by atoms with Crippen LogP contribution in [0.2, 0.25) is 0 Å². The van der Waals surface area contributed by atoms with Gasteiger partial charge < -0.3 is 11.1 Å². The van der Waals surface area contributed by atoms with Gasteiger partial charge in [-0.15, -0.1) is 0 Å². The molecule has 0 saturated carbocycles. The number of halogens is 1. The van der Waals surface area contributed by atoms with Crippen LogP contribution in [0.1, 0.15) is 0 Å². The van der Waals surface area contributed by atoms with E-state index in [1.54, 1.807) is 18.2 Å². The molecule has 3 N–H and O–H groups in total. The summed E-state index contributed by atoms with van der Waals surface area (Å²) in [6.07, 6.45) is 0. The molecule has 2 aromatic carbocycles. The third-order valence-electron chi connectivity index (χ3n) is 2.00. The van der Waals surface area contributed by atoms with Gasteiger partial charge in [-0.3, -0.25) is 0 Å². The van der Waals surface area contributed by atoms with Crippen molar-refractivity contribution < 1.29 is 4.39 Å². The summed E-state index contributed by atoms with van der Waals surface area (Å²) in [5, 5.41) is 3.08. The number of nitrogens with two attached hydrogens (primary N) is 1. The zero-order valence-corrected chi connectivity index (χ0v) is 8.00. The summed E-state index contributed by atoms with van der Waals surface area (Å²) in [5.74, 6) is -0.335. The third-order valence-corrected chi connectivity index (χ3v) is 2.00. The molecule has 0 aliphatic heterocycles. The van der Waals surface area contributed by atoms with Crippen LogP contribution in [0.25, 0.3) is 0 Å². The zero-order valence-electron chi connectivity index (χ0n) is 8.00. The van der Waals surface area contributed by atoms with Crippen LogP contribution in [0.3, 0.4) is 0 Å². The van der Waals surface area contributed by atoms with Crippen LogP contribution < -0.4 is 11.1 Å². The Morgan fingerprint density at radius 1 is 1.27 bits per heavy atom. The van der Waals surface area contributed by atoms with Crippen LogP contribution in [0, 0.1) is 11.9 Å². The van der Waals surface area contributed by atoms with Gasteiger partial charge in [0.25, 0.3) is 0 Å². The lowest BCUT2D eigenvalue weighted by atomic mass is 10.2. The molecule has 0 fully saturated rings. The quantitative estimate of drug-likeness (QED) is 0.733. The average molecular weight is 201 g/mol. The minimum Gasteiger partial charge on any atom is -0.397 e. The first-order chi connectivity index (χ1) is 7.25. The molecule has 75 valence electrons. The highest BCUT2D eigenvalue weighted by Gasteiger charge is 2.00. The number of rotatable bonds is 2. The van der Waals surface area contributed by atoms with Crippen molar-refractivity contribution in [2.45, 2.75) is 0 Å². The molecule has 3 heteroatoms. The van der Waals surface area contributed by atoms with E-state index in [0.29, 0.717) is 11.4 Å². The molecule has 0 aromatic heterocycles. The summed E-state index contributed by atoms with van der Waals surface area (Å²) in [5.41, 5.74) is 7.61. The summed E-state index contributed by atoms with van der Waals surface area (Å²) in [6.45, 7) is 0. The summed E-state index contributed by atoms with van der Waals surface area (Å²) in [6, 6.07) is 14.5. The Labute approximate surface area is 87.5 Å². The lowest BCUT2D eigenvalue weighted by Crippen LogP contribution is -1.96. The maximum absolute atomic E-state index is 12.8. The first-order valence-electron chi connectivity index (χ1n) is 4.54. The van der Waals surface area contributed by atoms with E-state index >= 15 is 0 Å². The second-order valence-corrected chi connectivity index (χ2v) is 3.15. The minimum atomic E-state index is -0.335. The van der Waals surface area contributed by atoms with Gasteiger partial charge in [-0.05, 0) is 36.4 Å². The molecule has 15 heavy (non-hydrogen) atoms. The highest BCUT2D eigenvalue weighted by molar-refractivity contribution is 5.72. The van der Waals surface area contributed by atoms with Crippen LogP contribution in [-0.4, -0.2) is 0 Å². The molecule has 0 unspecified atom stereocenters. The van der Waals surface area contributed by atoms with Crippen molar-refractivity contribution >= 4 is 17.1 Å². The van der Waals surface area contributed by atoms with E-state index in [4.69, 9.17) is 5.73 Å². The first-order valence-corrected chi connectivity index (χ1v) is 4.54. The summed E-state index contributed by atoms with van der Waals surface area (Å²) in [7, 11) is 0. The van der Waals surface area contributed by atoms with E-state index in [9.17, 15) is 4.39 Å². The third kappa shape index (κ3) is 2.26. The van der Waals surface area contributed by atoms with E-state index in [2.05, 4.69) is 11.4 Å². The van der Waals surface area contributed by atoms with Crippen molar-refractivity contribution in [1.82, 2.24) is 0 Å². The van der Waals surface area contributed by atoms with Crippen LogP contribution in [0.15, 0.2) is 42.5 Å². The van der Waals surface area contributed by atoms with Crippen molar-refractivity contribution in [3.63, 3.8) is 0 Å². The standard InChI is InChI=1S/C12H10FN2/c13-9-6-7-12(11(14)8-9)15-10-4-2-1-3-5-10/h1-2,4-8,15H,14H2. The molecule has 0 saturated heterocycles. The Morgan fingerprint density at radius 2 is 2.13 bits per heavy atom. The normalized spacial score (nSPS) is 9.93. The molecular formula is C12H10FN2. The average Bonchev–Trinajstić information content (AvgIpc) is 2.24. The lowest BCUT2D eigenvalue weighted by molar-refractivity contribution is 0.628. The Kier molecular flexibility index (Phi) is 2.54. The number of anilines is 3. The first kappa shape index (κ1) is 9.52. The minimum absolute atomic E-state index is 0.335. The monoisotopic (exact) mass is 201 g/mol. The van der Waals surface area contributed by atoms with Crippen LogP contribution in [0.5, 0.6) is 0 Å². The summed E-state index contributed by atoms with van der Waals surface area (Å²) >= 11 is 0. The van der Waals surface area contributed by atoms with E-state index in [-0.39, 0.29) is 5.82 Å². The van der Waals surface area contributed by atoms with Crippen molar-refractivity contribution in [3.05, 3.63) is 54.3 Å². The smallest absolute Gasteiger partial charge is 0.125 e. The Hall–Kier alpha value is -2.03. The predicted molar refractivity (Wildman–Crippen MR) is 59.4 cm³/mol. The number of hydrogen-bond donors (Lipinski definition) is 2. The number of nitrogen functional groups attached to an aromatic ring is 1. The van der Waals surface area contributed by atoms with Crippen molar-refractivity contribution in [2.75, 3.05) is 11.1 Å². The molecule has 2 nitrogen and oxygen atoms in total. The van der Waals surface area contributed by atoms with Gasteiger partial charge in [0.15, 0.2) is 0 Å². The maximum atomic E-state index is 12.8. The van der Waals surface area contributed by atoms with Crippen LogP contribution in [0.4, 0.5) is 21.5 Å². The lowest BCUT2D eigenvalue weighted by Gasteiger charge is -2.08. The Bertz CT molecular complexity index is 454. The van der Waals surface area contributed by atoms with Crippen LogP contribution in [-0.2, 0) is 0 Å². The van der Waals surface area contributed by atoms with E-state index in [1.807, 2.05) is 12.1 Å². The fourth-order valence-electron chi connectivity index (χ4n) is 1.27. The Balaban J connectivity index is 2.25. The molecule has 2 aromatic rings. The molecule has 0 aliphatic rings. The second-order valence-electron chi connectivity index (χ2n) is 3.15. The van der Waals surface area contributed by atoms with Gasteiger partial charge in [0.1, 0.15) is 5.82 Å². The second kappa shape index (κ2) is 4.00. The molecule has 1 radical (unpaired) electrons. The molecule has 0 aliphatic carbocycles. The van der Waals surface area contributed by atoms with E-state index in [1.165, 1.54) is 12.1 Å². The zero-order chi connectivity index (χ0) is 10.7. The number of nitrogens with one attached hydrogen (secondary N) is 1. The topological polar surface area (TPSA) is 38.0 Å². The number of benzene rings is 2. The highest BCUT2D eigenvalue weighted by atomic mass is 19.1. The van der Waals surface area contributed by atoms with Gasteiger partial charge in [-0.25, -0.2) is 4.39 Å². The molecule has 0 heterocycles. The Morgan fingerprint density at radius 3 is 2.80 bits per heavy atom. The fourth-order valence-corrected chi connectivity index (χ4v) is 1.27. The molecule has 0 bridgehead atoms. The number of hydrogen-bond acceptors (Lipinski definition) is 2. The van der Waals surface area contributed by atoms with Gasteiger partial charge in [-0.2, -0.15) is 0 Å². The van der Waals surface area contributed by atoms with Gasteiger partial charge >= 0.3 is 0 Å². The molecular weight excluding hydrogens is 191 g/mol. The fraction of sp³-hybridized carbons (Fsp3) is 0. The van der Waals surface area contributed by atoms with E-state index in [0.717, 1.165) is 5.69 Å². The molecule has 2 rings (SSSR count). The molecule has 0 atom stereocenters. The SMILES string of the molecule is Nc1cc(F)ccc1Nc1c[c]ccc1. The van der Waals surface area contributed by atoms with Gasteiger partial charge in [0, 0.05) is 5.69 Å². The van der Waals surface area contributed by atoms with Gasteiger partial charge in [0.05, 0.1) is 11.4 Å². The predicted octanol–water partition coefficient (Wildman–Crippen LogP) is 2.95. The van der Waals surface area contributed by atoms with Crippen molar-refractivity contribution in [3.8, 4) is 0 Å². The summed E-state index contributed by atoms with van der Waals surface area (Å²) < 4.78 is 12.8. The van der Waals surface area contributed by atoms with Gasteiger partial charge in [-0.1, -0.05) is 12.1 Å². The molecule has 0 spiro atoms. The van der Waals surface area contributed by atoms with E-state index < -0.39 is 0 Å². The summed E-state index contributed by atoms with van der Waals surface area (Å²) in [4.78, 5) is 0. The largest absolute Gasteiger partial charge is 0.397 e. The van der Waals surface area contributed by atoms with Crippen LogP contribution >= 0.6 is 0 Å². The van der Waals surface area contributed by atoms with Crippen molar-refractivity contribution in [1.29, 1.82) is 0 Å². The van der Waals surface area contributed by atoms with Gasteiger partial charge in [0.2, 0.25) is 0 Å². The maximum Gasteiger partial charge on any atom is 0.125 e.